The van der Waals surface area contributed by atoms with E-state index in [2.05, 4.69) is 4.89 Å². The van der Waals surface area contributed by atoms with Gasteiger partial charge in [0, 0.05) is 0 Å². The molecule has 1 fully saturated rings. The highest BCUT2D eigenvalue weighted by molar-refractivity contribution is 4.82. The van der Waals surface area contributed by atoms with Crippen LogP contribution in [0.1, 0.15) is 65.2 Å². The molecule has 0 aliphatic heterocycles. The summed E-state index contributed by atoms with van der Waals surface area (Å²) in [6.45, 7) is 4.60. The Morgan fingerprint density at radius 3 is 2.44 bits per heavy atom. The maximum absolute atomic E-state index is 8.62. The van der Waals surface area contributed by atoms with E-state index in [1.807, 2.05) is 13.8 Å². The van der Waals surface area contributed by atoms with E-state index in [0.29, 0.717) is 0 Å². The first-order valence-corrected chi connectivity index (χ1v) is 6.44. The van der Waals surface area contributed by atoms with Crippen molar-refractivity contribution in [1.29, 1.82) is 0 Å². The zero-order valence-electron chi connectivity index (χ0n) is 10.6. The molecule has 1 rings (SSSR count). The second-order valence-corrected chi connectivity index (χ2v) is 5.26. The van der Waals surface area contributed by atoms with Crippen molar-refractivity contribution in [2.24, 2.45) is 0 Å². The minimum Gasteiger partial charge on any atom is -0.251 e. The molecule has 0 bridgehead atoms. The van der Waals surface area contributed by atoms with Gasteiger partial charge in [-0.05, 0) is 52.4 Å². The van der Waals surface area contributed by atoms with Crippen LogP contribution < -0.4 is 0 Å². The average molecular weight is 229 g/mol. The lowest BCUT2D eigenvalue weighted by atomic mass is 9.98. The van der Waals surface area contributed by atoms with Crippen LogP contribution in [0.15, 0.2) is 0 Å². The van der Waals surface area contributed by atoms with Crippen LogP contribution >= 0.6 is 0 Å². The van der Waals surface area contributed by atoms with Gasteiger partial charge in [0.05, 0.1) is 12.2 Å². The summed E-state index contributed by atoms with van der Waals surface area (Å²) in [6.07, 6.45) is 10.5. The molecule has 0 heterocycles. The van der Waals surface area contributed by atoms with Crippen molar-refractivity contribution in [3.05, 3.63) is 6.10 Å². The van der Waals surface area contributed by atoms with E-state index in [1.165, 1.54) is 25.4 Å². The predicted molar refractivity (Wildman–Crippen MR) is 63.9 cm³/mol. The van der Waals surface area contributed by atoms with Crippen LogP contribution in [0.2, 0.25) is 0 Å². The van der Waals surface area contributed by atoms with Gasteiger partial charge in [-0.1, -0.05) is 0 Å². The summed E-state index contributed by atoms with van der Waals surface area (Å²) in [6, 6.07) is 0. The molecule has 16 heavy (non-hydrogen) atoms. The average Bonchev–Trinajstić information content (AvgIpc) is 2.30. The highest BCUT2D eigenvalue weighted by Crippen LogP contribution is 2.26. The molecule has 94 valence electrons. The monoisotopic (exact) mass is 229 g/mol. The maximum Gasteiger partial charge on any atom is 0.241 e. The van der Waals surface area contributed by atoms with Gasteiger partial charge in [0.25, 0.3) is 0 Å². The topological polar surface area (TPSA) is 38.7 Å². The molecule has 0 spiro atoms. The van der Waals surface area contributed by atoms with Crippen molar-refractivity contribution in [3.8, 4) is 0 Å². The second-order valence-electron chi connectivity index (χ2n) is 5.26. The van der Waals surface area contributed by atoms with Crippen molar-refractivity contribution in [3.63, 3.8) is 0 Å². The van der Waals surface area contributed by atoms with Crippen LogP contribution in [-0.2, 0) is 9.62 Å². The van der Waals surface area contributed by atoms with Gasteiger partial charge in [-0.3, -0.25) is 5.26 Å². The second kappa shape index (κ2) is 7.15. The van der Waals surface area contributed by atoms with Gasteiger partial charge >= 0.3 is 0 Å². The standard InChI is InChI=1S/C13H24O3/c1-13(2,16-14)10-6-7-11-15-12-8-4-3-5-9-12/h3-11H2,1-2H3/p+1. The first kappa shape index (κ1) is 13.8. The van der Waals surface area contributed by atoms with E-state index in [1.54, 1.807) is 0 Å². The van der Waals surface area contributed by atoms with Gasteiger partial charge in [0.15, 0.2) is 0 Å². The molecule has 1 saturated carbocycles. The molecule has 0 atom stereocenters. The van der Waals surface area contributed by atoms with Gasteiger partial charge in [-0.25, -0.2) is 4.89 Å². The quantitative estimate of drug-likeness (QED) is 0.311. The summed E-state index contributed by atoms with van der Waals surface area (Å²) >= 11 is 0. The number of unbranched alkanes of at least 4 members (excludes halogenated alkanes) is 1. The highest BCUT2D eigenvalue weighted by Gasteiger charge is 2.25. The lowest BCUT2D eigenvalue weighted by Crippen LogP contribution is -2.22. The number of rotatable bonds is 7. The highest BCUT2D eigenvalue weighted by atomic mass is 17.1. The third-order valence-electron chi connectivity index (χ3n) is 3.14. The fraction of sp³-hybridized carbons (Fsp3) is 0.923. The molecule has 0 unspecified atom stereocenters. The summed E-state index contributed by atoms with van der Waals surface area (Å²) in [5.41, 5.74) is -0.419. The van der Waals surface area contributed by atoms with Gasteiger partial charge < -0.3 is 0 Å². The Balaban J connectivity index is 1.95. The SMILES string of the molecule is CC(C)(CCCCO[C+]1CCCCC1)OO. The third-order valence-corrected chi connectivity index (χ3v) is 3.14. The third kappa shape index (κ3) is 5.73. The zero-order chi connectivity index (χ0) is 11.9. The first-order valence-electron chi connectivity index (χ1n) is 6.44. The molecule has 0 saturated heterocycles. The minimum absolute atomic E-state index is 0.419. The molecular formula is C13H25O3+. The van der Waals surface area contributed by atoms with Crippen molar-refractivity contribution < 1.29 is 14.9 Å². The van der Waals surface area contributed by atoms with Crippen LogP contribution in [0.25, 0.3) is 0 Å². The fourth-order valence-electron chi connectivity index (χ4n) is 2.01. The van der Waals surface area contributed by atoms with Crippen LogP contribution in [-0.4, -0.2) is 17.5 Å². The van der Waals surface area contributed by atoms with E-state index in [0.717, 1.165) is 38.7 Å². The van der Waals surface area contributed by atoms with Crippen LogP contribution in [0, 0.1) is 6.10 Å². The van der Waals surface area contributed by atoms with E-state index in [-0.39, 0.29) is 0 Å². The number of ether oxygens (including phenoxy) is 1. The Morgan fingerprint density at radius 2 is 1.81 bits per heavy atom. The molecule has 3 heteroatoms. The molecule has 1 aliphatic carbocycles. The number of hydrogen-bond donors (Lipinski definition) is 1. The lowest BCUT2D eigenvalue weighted by Gasteiger charge is -2.19. The van der Waals surface area contributed by atoms with E-state index in [4.69, 9.17) is 9.99 Å². The maximum atomic E-state index is 8.62. The molecular weight excluding hydrogens is 204 g/mol. The van der Waals surface area contributed by atoms with Gasteiger partial charge in [0.2, 0.25) is 6.10 Å². The molecule has 0 aromatic heterocycles. The fourth-order valence-corrected chi connectivity index (χ4v) is 2.01. The van der Waals surface area contributed by atoms with E-state index < -0.39 is 5.60 Å². The summed E-state index contributed by atoms with van der Waals surface area (Å²) in [5, 5.41) is 8.62. The first-order chi connectivity index (χ1) is 7.64. The summed E-state index contributed by atoms with van der Waals surface area (Å²) < 4.78 is 5.74. The predicted octanol–water partition coefficient (Wildman–Crippen LogP) is 3.94. The molecule has 0 amide bonds. The Kier molecular flexibility index (Phi) is 6.17. The van der Waals surface area contributed by atoms with E-state index in [9.17, 15) is 0 Å². The van der Waals surface area contributed by atoms with Crippen LogP contribution in [0.5, 0.6) is 0 Å². The van der Waals surface area contributed by atoms with Crippen LogP contribution in [0.3, 0.4) is 0 Å². The van der Waals surface area contributed by atoms with Gasteiger partial charge in [-0.15, -0.1) is 0 Å². The zero-order valence-corrected chi connectivity index (χ0v) is 10.6. The summed E-state index contributed by atoms with van der Waals surface area (Å²) in [4.78, 5) is 4.39. The van der Waals surface area contributed by atoms with Gasteiger partial charge in [0.1, 0.15) is 12.8 Å². The Bertz CT molecular complexity index is 174. The largest absolute Gasteiger partial charge is 0.251 e. The number of hydrogen-bond acceptors (Lipinski definition) is 3. The Labute approximate surface area is 99.1 Å². The Hall–Kier alpha value is -0.250. The molecule has 0 aromatic rings. The Morgan fingerprint density at radius 1 is 1.12 bits per heavy atom. The van der Waals surface area contributed by atoms with Crippen molar-refractivity contribution in [2.45, 2.75) is 70.8 Å². The van der Waals surface area contributed by atoms with Gasteiger partial charge in [-0.2, -0.15) is 4.74 Å². The molecule has 0 radical (unpaired) electrons. The molecule has 1 aliphatic rings. The minimum atomic E-state index is -0.419. The van der Waals surface area contributed by atoms with E-state index >= 15 is 0 Å². The molecule has 1 N–H and O–H groups in total. The van der Waals surface area contributed by atoms with Crippen LogP contribution in [0.4, 0.5) is 0 Å². The lowest BCUT2D eigenvalue weighted by molar-refractivity contribution is -0.314. The molecule has 0 aromatic carbocycles. The summed E-state index contributed by atoms with van der Waals surface area (Å²) in [7, 11) is 0. The van der Waals surface area contributed by atoms with Crippen molar-refractivity contribution >= 4 is 0 Å². The smallest absolute Gasteiger partial charge is 0.241 e. The van der Waals surface area contributed by atoms with Crippen molar-refractivity contribution in [1.82, 2.24) is 0 Å². The summed E-state index contributed by atoms with van der Waals surface area (Å²) in [5.74, 6) is 0. The normalized spacial score (nSPS) is 17.8. The molecule has 3 nitrogen and oxygen atoms in total. The van der Waals surface area contributed by atoms with Crippen molar-refractivity contribution in [2.75, 3.05) is 6.61 Å².